The zero-order valence-electron chi connectivity index (χ0n) is 20.1. The first-order valence-electron chi connectivity index (χ1n) is 11.5. The molecule has 0 bridgehead atoms. The first-order chi connectivity index (χ1) is 17.1. The number of carbonyl (C=O) groups excluding carboxylic acids is 2. The second-order valence-corrected chi connectivity index (χ2v) is 8.70. The summed E-state index contributed by atoms with van der Waals surface area (Å²) in [5.74, 6) is -0.572. The van der Waals surface area contributed by atoms with Gasteiger partial charge in [0, 0.05) is 6.20 Å². The number of anilines is 1. The number of oxazole rings is 1. The van der Waals surface area contributed by atoms with Crippen molar-refractivity contribution >= 4 is 34.7 Å². The normalized spacial score (nSPS) is 12.2. The zero-order valence-corrected chi connectivity index (χ0v) is 20.1. The molecule has 11 nitrogen and oxygen atoms in total. The van der Waals surface area contributed by atoms with Crippen LogP contribution in [-0.4, -0.2) is 38.6 Å². The Kier molecular flexibility index (Phi) is 8.61. The molecule has 2 aromatic heterocycles. The summed E-state index contributed by atoms with van der Waals surface area (Å²) < 4.78 is 7.20. The second-order valence-electron chi connectivity index (χ2n) is 8.70. The lowest BCUT2D eigenvalue weighted by Crippen LogP contribution is -2.44. The number of pyridine rings is 1. The van der Waals surface area contributed by atoms with E-state index in [9.17, 15) is 19.2 Å². The van der Waals surface area contributed by atoms with Gasteiger partial charge in [-0.05, 0) is 55.0 Å². The molecular weight excluding hydrogens is 466 g/mol. The van der Waals surface area contributed by atoms with Crippen LogP contribution in [0.4, 0.5) is 10.5 Å². The molecule has 1 aromatic carbocycles. The fourth-order valence-electron chi connectivity index (χ4n) is 3.73. The smallest absolute Gasteiger partial charge is 0.405 e. The average molecular weight is 496 g/mol. The molecule has 0 fully saturated rings. The van der Waals surface area contributed by atoms with Crippen LogP contribution in [0, 0.1) is 5.92 Å². The Morgan fingerprint density at radius 3 is 2.69 bits per heavy atom. The van der Waals surface area contributed by atoms with E-state index in [0.717, 1.165) is 23.6 Å². The minimum atomic E-state index is -1.40. The Balaban J connectivity index is 1.77. The Hall–Kier alpha value is -4.41. The number of amides is 3. The SMILES string of the molecule is CC(C)Cc1cccc2oc(Cn3cccc(NC(=O)C(CCC=CC(N)=O)NC(=O)O)c3=O)nc12. The molecule has 0 radical (unpaired) electrons. The van der Waals surface area contributed by atoms with Gasteiger partial charge in [-0.15, -0.1) is 0 Å². The van der Waals surface area contributed by atoms with Gasteiger partial charge in [-0.1, -0.05) is 32.1 Å². The van der Waals surface area contributed by atoms with Crippen LogP contribution in [0.2, 0.25) is 0 Å². The molecule has 0 aliphatic carbocycles. The summed E-state index contributed by atoms with van der Waals surface area (Å²) >= 11 is 0. The van der Waals surface area contributed by atoms with Crippen LogP contribution in [0.25, 0.3) is 11.1 Å². The quantitative estimate of drug-likeness (QED) is 0.296. The number of nitrogens with one attached hydrogen (secondary N) is 2. The van der Waals surface area contributed by atoms with Crippen molar-refractivity contribution in [3.63, 3.8) is 0 Å². The first-order valence-corrected chi connectivity index (χ1v) is 11.5. The number of carbonyl (C=O) groups is 3. The monoisotopic (exact) mass is 495 g/mol. The summed E-state index contributed by atoms with van der Waals surface area (Å²) in [7, 11) is 0. The molecular formula is C25H29N5O6. The van der Waals surface area contributed by atoms with Crippen molar-refractivity contribution in [1.82, 2.24) is 14.9 Å². The lowest BCUT2D eigenvalue weighted by atomic mass is 10.0. The fraction of sp³-hybridized carbons (Fsp3) is 0.320. The highest BCUT2D eigenvalue weighted by Gasteiger charge is 2.21. The summed E-state index contributed by atoms with van der Waals surface area (Å²) in [6.45, 7) is 4.29. The van der Waals surface area contributed by atoms with Gasteiger partial charge in [-0.25, -0.2) is 9.78 Å². The zero-order chi connectivity index (χ0) is 26.2. The number of carboxylic acid groups (broad SMARTS) is 1. The van der Waals surface area contributed by atoms with Gasteiger partial charge in [0.1, 0.15) is 23.8 Å². The molecule has 0 aliphatic heterocycles. The van der Waals surface area contributed by atoms with Crippen LogP contribution >= 0.6 is 0 Å². The van der Waals surface area contributed by atoms with Gasteiger partial charge in [-0.2, -0.15) is 0 Å². The molecule has 3 rings (SSSR count). The van der Waals surface area contributed by atoms with Crippen molar-refractivity contribution in [1.29, 1.82) is 0 Å². The number of aromatic nitrogens is 2. The van der Waals surface area contributed by atoms with Crippen molar-refractivity contribution in [3.05, 3.63) is 70.5 Å². The van der Waals surface area contributed by atoms with E-state index in [0.29, 0.717) is 17.4 Å². The number of nitrogens with zero attached hydrogens (tertiary/aromatic N) is 2. The number of benzene rings is 1. The molecule has 11 heteroatoms. The summed E-state index contributed by atoms with van der Waals surface area (Å²) in [6.07, 6.45) is 3.84. The van der Waals surface area contributed by atoms with Crippen LogP contribution in [0.3, 0.4) is 0 Å². The van der Waals surface area contributed by atoms with Gasteiger partial charge < -0.3 is 30.5 Å². The van der Waals surface area contributed by atoms with Crippen molar-refractivity contribution in [2.75, 3.05) is 5.32 Å². The Labute approximate surface area is 207 Å². The third-order valence-corrected chi connectivity index (χ3v) is 5.28. The fourth-order valence-corrected chi connectivity index (χ4v) is 3.73. The summed E-state index contributed by atoms with van der Waals surface area (Å²) in [5.41, 5.74) is 6.95. The van der Waals surface area contributed by atoms with Crippen molar-refractivity contribution in [2.45, 2.75) is 45.7 Å². The van der Waals surface area contributed by atoms with E-state index >= 15 is 0 Å². The number of hydrogen-bond acceptors (Lipinski definition) is 6. The van der Waals surface area contributed by atoms with Gasteiger partial charge in [0.05, 0.1) is 0 Å². The molecule has 0 saturated carbocycles. The molecule has 1 unspecified atom stereocenters. The van der Waals surface area contributed by atoms with Crippen LogP contribution in [0.15, 0.2) is 57.9 Å². The maximum Gasteiger partial charge on any atom is 0.405 e. The third-order valence-electron chi connectivity index (χ3n) is 5.28. The predicted molar refractivity (Wildman–Crippen MR) is 134 cm³/mol. The van der Waals surface area contributed by atoms with E-state index in [1.807, 2.05) is 18.2 Å². The van der Waals surface area contributed by atoms with E-state index in [-0.39, 0.29) is 25.1 Å². The van der Waals surface area contributed by atoms with Gasteiger partial charge in [0.25, 0.3) is 5.56 Å². The van der Waals surface area contributed by atoms with E-state index in [1.54, 1.807) is 12.3 Å². The van der Waals surface area contributed by atoms with Crippen LogP contribution in [-0.2, 0) is 22.6 Å². The Morgan fingerprint density at radius 2 is 2.00 bits per heavy atom. The van der Waals surface area contributed by atoms with Crippen molar-refractivity contribution in [3.8, 4) is 0 Å². The van der Waals surface area contributed by atoms with Crippen molar-refractivity contribution in [2.24, 2.45) is 11.7 Å². The highest BCUT2D eigenvalue weighted by molar-refractivity contribution is 5.96. The molecule has 0 saturated heterocycles. The summed E-state index contributed by atoms with van der Waals surface area (Å²) in [4.78, 5) is 52.2. The van der Waals surface area contributed by atoms with Gasteiger partial charge in [-0.3, -0.25) is 14.4 Å². The molecule has 3 aromatic rings. The van der Waals surface area contributed by atoms with Crippen molar-refractivity contribution < 1.29 is 23.9 Å². The lowest BCUT2D eigenvalue weighted by Gasteiger charge is -2.16. The van der Waals surface area contributed by atoms with Crippen LogP contribution < -0.4 is 21.9 Å². The average Bonchev–Trinajstić information content (AvgIpc) is 3.21. The minimum Gasteiger partial charge on any atom is -0.465 e. The van der Waals surface area contributed by atoms with Gasteiger partial charge in [0.15, 0.2) is 5.58 Å². The van der Waals surface area contributed by atoms with Gasteiger partial charge >= 0.3 is 6.09 Å². The second kappa shape index (κ2) is 11.8. The molecule has 5 N–H and O–H groups in total. The minimum absolute atomic E-state index is 0.0241. The molecule has 0 aliphatic rings. The first kappa shape index (κ1) is 26.2. The molecule has 2 heterocycles. The highest BCUT2D eigenvalue weighted by atomic mass is 16.4. The van der Waals surface area contributed by atoms with Crippen LogP contribution in [0.5, 0.6) is 0 Å². The largest absolute Gasteiger partial charge is 0.465 e. The standard InChI is InChI=1S/C25H29N5O6/c1-15(2)13-16-7-5-10-19-22(16)29-21(36-19)14-30-12-6-9-18(24(30)33)27-23(32)17(28-25(34)35)8-3-4-11-20(26)31/h4-7,9-12,15,17,28H,3,8,13-14H2,1-2H3,(H2,26,31)(H,27,32)(H,34,35). The van der Waals surface area contributed by atoms with Gasteiger partial charge in [0.2, 0.25) is 17.7 Å². The lowest BCUT2D eigenvalue weighted by molar-refractivity contribution is -0.118. The molecule has 36 heavy (non-hydrogen) atoms. The molecule has 3 amide bonds. The molecule has 190 valence electrons. The topological polar surface area (TPSA) is 170 Å². The number of primary amides is 1. The number of fused-ring (bicyclic) bond motifs is 1. The third kappa shape index (κ3) is 7.05. The number of nitrogens with two attached hydrogens (primary N) is 1. The number of para-hydroxylation sites is 1. The predicted octanol–water partition coefficient (Wildman–Crippen LogP) is 2.63. The van der Waals surface area contributed by atoms with Crippen LogP contribution in [0.1, 0.15) is 38.1 Å². The van der Waals surface area contributed by atoms with E-state index < -0.39 is 29.5 Å². The summed E-state index contributed by atoms with van der Waals surface area (Å²) in [5, 5.41) is 13.7. The molecule has 0 spiro atoms. The number of allylic oxidation sites excluding steroid dienone is 1. The number of rotatable bonds is 11. The maximum atomic E-state index is 13.0. The Bertz CT molecular complexity index is 1340. The molecule has 1 atom stereocenters. The summed E-state index contributed by atoms with van der Waals surface area (Å²) in [6, 6.07) is 7.59. The van der Waals surface area contributed by atoms with E-state index in [1.165, 1.54) is 16.7 Å². The number of hydrogen-bond donors (Lipinski definition) is 4. The van der Waals surface area contributed by atoms with E-state index in [4.69, 9.17) is 15.3 Å². The van der Waals surface area contributed by atoms with E-state index in [2.05, 4.69) is 29.5 Å². The Morgan fingerprint density at radius 1 is 1.22 bits per heavy atom. The maximum absolute atomic E-state index is 13.0. The highest BCUT2D eigenvalue weighted by Crippen LogP contribution is 2.22.